The van der Waals surface area contributed by atoms with Gasteiger partial charge in [-0.05, 0) is 54.9 Å². The van der Waals surface area contributed by atoms with Gasteiger partial charge in [0, 0.05) is 44.5 Å². The maximum Gasteiger partial charge on any atom is 0.0471 e. The summed E-state index contributed by atoms with van der Waals surface area (Å²) < 4.78 is 0. The normalized spacial score (nSPS) is 18.3. The monoisotopic (exact) mass is 350 g/mol. The molecule has 4 rings (SSSR count). The molecule has 0 aromatic heterocycles. The third-order valence-corrected chi connectivity index (χ3v) is 6.06. The minimum Gasteiger partial charge on any atom is -0.396 e. The van der Waals surface area contributed by atoms with Crippen molar-refractivity contribution in [1.29, 1.82) is 0 Å². The largest absolute Gasteiger partial charge is 0.396 e. The number of piperidine rings is 1. The zero-order chi connectivity index (χ0) is 17.8. The molecule has 0 radical (unpaired) electrons. The Hall–Kier alpha value is -1.84. The van der Waals surface area contributed by atoms with Gasteiger partial charge in [-0.15, -0.1) is 0 Å². The van der Waals surface area contributed by atoms with Gasteiger partial charge < -0.3 is 14.9 Å². The maximum absolute atomic E-state index is 9.01. The first-order valence-corrected chi connectivity index (χ1v) is 10.1. The molecule has 2 heterocycles. The van der Waals surface area contributed by atoms with Crippen molar-refractivity contribution in [3.05, 3.63) is 65.2 Å². The van der Waals surface area contributed by atoms with E-state index in [-0.39, 0.29) is 6.61 Å². The molecule has 0 bridgehead atoms. The van der Waals surface area contributed by atoms with E-state index < -0.39 is 0 Å². The number of fused-ring (bicyclic) bond motifs is 1. The van der Waals surface area contributed by atoms with Crippen molar-refractivity contribution in [1.82, 2.24) is 4.90 Å². The van der Waals surface area contributed by atoms with E-state index in [0.717, 1.165) is 19.4 Å². The Morgan fingerprint density at radius 2 is 1.54 bits per heavy atom. The van der Waals surface area contributed by atoms with Gasteiger partial charge in [0.05, 0.1) is 0 Å². The molecule has 138 valence electrons. The Kier molecular flexibility index (Phi) is 5.57. The van der Waals surface area contributed by atoms with E-state index in [9.17, 15) is 0 Å². The van der Waals surface area contributed by atoms with E-state index in [1.807, 2.05) is 0 Å². The fraction of sp³-hybridized carbons (Fsp3) is 0.478. The summed E-state index contributed by atoms with van der Waals surface area (Å²) in [7, 11) is 0. The highest BCUT2D eigenvalue weighted by Gasteiger charge is 2.28. The Morgan fingerprint density at radius 1 is 0.846 bits per heavy atom. The molecule has 2 aromatic carbocycles. The molecular formula is C23H30N2O. The highest BCUT2D eigenvalue weighted by atomic mass is 16.2. The average Bonchev–Trinajstić information content (AvgIpc) is 3.12. The number of anilines is 1. The molecule has 0 atom stereocenters. The van der Waals surface area contributed by atoms with E-state index in [2.05, 4.69) is 58.3 Å². The third kappa shape index (κ3) is 3.94. The second kappa shape index (κ2) is 8.24. The summed E-state index contributed by atoms with van der Waals surface area (Å²) in [6.07, 6.45) is 5.65. The van der Waals surface area contributed by atoms with Gasteiger partial charge in [0.25, 0.3) is 0 Å². The van der Waals surface area contributed by atoms with Crippen LogP contribution < -0.4 is 4.90 Å². The van der Waals surface area contributed by atoms with Crippen LogP contribution in [0.5, 0.6) is 0 Å². The molecule has 3 nitrogen and oxygen atoms in total. The van der Waals surface area contributed by atoms with E-state index in [1.165, 1.54) is 61.3 Å². The smallest absolute Gasteiger partial charge is 0.0471 e. The van der Waals surface area contributed by atoms with Crippen LogP contribution in [0.25, 0.3) is 0 Å². The van der Waals surface area contributed by atoms with Crippen molar-refractivity contribution in [2.24, 2.45) is 0 Å². The second-order valence-electron chi connectivity index (χ2n) is 7.69. The van der Waals surface area contributed by atoms with Crippen LogP contribution in [0.4, 0.5) is 5.69 Å². The van der Waals surface area contributed by atoms with Gasteiger partial charge in [0.15, 0.2) is 0 Å². The summed E-state index contributed by atoms with van der Waals surface area (Å²) in [6.45, 7) is 5.01. The third-order valence-electron chi connectivity index (χ3n) is 6.06. The maximum atomic E-state index is 9.01. The predicted octanol–water partition coefficient (Wildman–Crippen LogP) is 3.29. The zero-order valence-corrected chi connectivity index (χ0v) is 15.6. The van der Waals surface area contributed by atoms with Crippen molar-refractivity contribution in [3.63, 3.8) is 0 Å². The Morgan fingerprint density at radius 3 is 2.27 bits per heavy atom. The van der Waals surface area contributed by atoms with Gasteiger partial charge in [0.1, 0.15) is 0 Å². The van der Waals surface area contributed by atoms with Gasteiger partial charge >= 0.3 is 0 Å². The second-order valence-corrected chi connectivity index (χ2v) is 7.69. The minimum atomic E-state index is 0.232. The predicted molar refractivity (Wildman–Crippen MR) is 108 cm³/mol. The molecule has 2 aliphatic heterocycles. The van der Waals surface area contributed by atoms with Crippen LogP contribution in [0.2, 0.25) is 0 Å². The average molecular weight is 351 g/mol. The molecule has 2 aromatic rings. The number of aliphatic hydroxyl groups excluding tert-OH is 1. The fourth-order valence-electron chi connectivity index (χ4n) is 4.49. The Balaban J connectivity index is 1.25. The lowest BCUT2D eigenvalue weighted by molar-refractivity contribution is 0.212. The fourth-order valence-corrected chi connectivity index (χ4v) is 4.49. The number of hydrogen-bond donors (Lipinski definition) is 1. The van der Waals surface area contributed by atoms with Crippen LogP contribution in [0.15, 0.2) is 48.5 Å². The number of hydrogen-bond acceptors (Lipinski definition) is 3. The van der Waals surface area contributed by atoms with Gasteiger partial charge in [-0.3, -0.25) is 0 Å². The van der Waals surface area contributed by atoms with Crippen LogP contribution >= 0.6 is 0 Å². The van der Waals surface area contributed by atoms with Crippen molar-refractivity contribution in [2.75, 3.05) is 37.7 Å². The van der Waals surface area contributed by atoms with Gasteiger partial charge in [0.2, 0.25) is 0 Å². The van der Waals surface area contributed by atoms with Gasteiger partial charge in [-0.1, -0.05) is 42.5 Å². The van der Waals surface area contributed by atoms with Crippen LogP contribution in [0.1, 0.15) is 29.5 Å². The first kappa shape index (κ1) is 17.6. The number of nitrogens with zero attached hydrogens (tertiary/aromatic N) is 2. The Labute approximate surface area is 157 Å². The molecule has 1 fully saturated rings. The first-order chi connectivity index (χ1) is 12.8. The van der Waals surface area contributed by atoms with Gasteiger partial charge in [-0.2, -0.15) is 0 Å². The molecule has 0 unspecified atom stereocenters. The SMILES string of the molecule is OCCc1ccc(CCN2CCC(N3CCc4ccccc43)CC2)cc1. The van der Waals surface area contributed by atoms with Crippen molar-refractivity contribution < 1.29 is 5.11 Å². The standard InChI is InChI=1S/C23H30N2O/c26-18-13-20-7-5-19(6-8-20)9-14-24-15-11-22(12-16-24)25-17-10-21-3-1-2-4-23(21)25/h1-8,22,26H,9-18H2. The van der Waals surface area contributed by atoms with E-state index in [1.54, 1.807) is 0 Å². The van der Waals surface area contributed by atoms with Crippen molar-refractivity contribution in [2.45, 2.75) is 38.1 Å². The summed E-state index contributed by atoms with van der Waals surface area (Å²) in [5.41, 5.74) is 5.64. The van der Waals surface area contributed by atoms with E-state index >= 15 is 0 Å². The summed E-state index contributed by atoms with van der Waals surface area (Å²) in [5.74, 6) is 0. The quantitative estimate of drug-likeness (QED) is 0.866. The lowest BCUT2D eigenvalue weighted by Crippen LogP contribution is -2.44. The highest BCUT2D eigenvalue weighted by molar-refractivity contribution is 5.58. The molecular weight excluding hydrogens is 320 g/mol. The topological polar surface area (TPSA) is 26.7 Å². The molecule has 3 heteroatoms. The number of aliphatic hydroxyl groups is 1. The summed E-state index contributed by atoms with van der Waals surface area (Å²) >= 11 is 0. The zero-order valence-electron chi connectivity index (χ0n) is 15.6. The first-order valence-electron chi connectivity index (χ1n) is 10.1. The van der Waals surface area contributed by atoms with Crippen LogP contribution in [-0.2, 0) is 19.3 Å². The molecule has 26 heavy (non-hydrogen) atoms. The molecule has 0 spiro atoms. The molecule has 0 aliphatic carbocycles. The molecule has 0 saturated carbocycles. The lowest BCUT2D eigenvalue weighted by Gasteiger charge is -2.38. The van der Waals surface area contributed by atoms with Crippen molar-refractivity contribution in [3.8, 4) is 0 Å². The summed E-state index contributed by atoms with van der Waals surface area (Å²) in [4.78, 5) is 5.28. The van der Waals surface area contributed by atoms with E-state index in [0.29, 0.717) is 6.04 Å². The number of rotatable bonds is 6. The van der Waals surface area contributed by atoms with E-state index in [4.69, 9.17) is 5.11 Å². The summed E-state index contributed by atoms with van der Waals surface area (Å²) in [5, 5.41) is 9.01. The van der Waals surface area contributed by atoms with Gasteiger partial charge in [-0.25, -0.2) is 0 Å². The molecule has 1 N–H and O–H groups in total. The Bertz CT molecular complexity index is 704. The lowest BCUT2D eigenvalue weighted by atomic mass is 10.0. The number of likely N-dealkylation sites (tertiary alicyclic amines) is 1. The number of para-hydroxylation sites is 1. The summed E-state index contributed by atoms with van der Waals surface area (Å²) in [6, 6.07) is 18.4. The van der Waals surface area contributed by atoms with Crippen LogP contribution in [-0.4, -0.2) is 48.8 Å². The minimum absolute atomic E-state index is 0.232. The van der Waals surface area contributed by atoms with Crippen molar-refractivity contribution >= 4 is 5.69 Å². The number of benzene rings is 2. The highest BCUT2D eigenvalue weighted by Crippen LogP contribution is 2.32. The molecule has 2 aliphatic rings. The van der Waals surface area contributed by atoms with Crippen LogP contribution in [0, 0.1) is 0 Å². The molecule has 1 saturated heterocycles. The van der Waals surface area contributed by atoms with Crippen LogP contribution in [0.3, 0.4) is 0 Å². The molecule has 0 amide bonds.